The van der Waals surface area contributed by atoms with Crippen molar-refractivity contribution < 1.29 is 13.6 Å². The summed E-state index contributed by atoms with van der Waals surface area (Å²) < 4.78 is 29.4. The van der Waals surface area contributed by atoms with Crippen LogP contribution in [0.25, 0.3) is 5.65 Å². The lowest BCUT2D eigenvalue weighted by Gasteiger charge is -2.36. The predicted octanol–water partition coefficient (Wildman–Crippen LogP) is 3.17. The molecular formula is C22H25F2N7O2. The van der Waals surface area contributed by atoms with Gasteiger partial charge in [-0.25, -0.2) is 13.8 Å². The number of carbonyl (C=O) groups excluding carboxylic acids is 1. The van der Waals surface area contributed by atoms with Crippen LogP contribution in [0.4, 0.5) is 26.1 Å². The maximum absolute atomic E-state index is 13.3. The lowest BCUT2D eigenvalue weighted by molar-refractivity contribution is -0.104. The number of anilines is 3. The minimum atomic E-state index is -2.72. The Morgan fingerprint density at radius 3 is 2.70 bits per heavy atom. The zero-order valence-electron chi connectivity index (χ0n) is 18.3. The van der Waals surface area contributed by atoms with E-state index in [2.05, 4.69) is 33.0 Å². The number of rotatable bonds is 6. The quantitative estimate of drug-likeness (QED) is 0.525. The minimum Gasteiger partial charge on any atom is -0.373 e. The third-order valence-electron chi connectivity index (χ3n) is 6.61. The fourth-order valence-electron chi connectivity index (χ4n) is 4.35. The van der Waals surface area contributed by atoms with Crippen molar-refractivity contribution in [1.82, 2.24) is 24.5 Å². The van der Waals surface area contributed by atoms with Crippen LogP contribution in [-0.4, -0.2) is 44.1 Å². The zero-order valence-corrected chi connectivity index (χ0v) is 18.3. The molecule has 3 aromatic heterocycles. The Morgan fingerprint density at radius 1 is 1.27 bits per heavy atom. The first kappa shape index (κ1) is 21.4. The fourth-order valence-corrected chi connectivity index (χ4v) is 4.35. The van der Waals surface area contributed by atoms with E-state index in [9.17, 15) is 18.4 Å². The molecule has 3 aromatic rings. The van der Waals surface area contributed by atoms with Crippen LogP contribution in [0.2, 0.25) is 0 Å². The molecule has 0 saturated heterocycles. The molecule has 5 rings (SSSR count). The van der Waals surface area contributed by atoms with Crippen molar-refractivity contribution in [3.8, 4) is 0 Å². The van der Waals surface area contributed by atoms with Crippen molar-refractivity contribution in [3.63, 3.8) is 0 Å². The summed E-state index contributed by atoms with van der Waals surface area (Å²) in [4.78, 5) is 30.3. The van der Waals surface area contributed by atoms with E-state index in [1.165, 1.54) is 21.5 Å². The molecule has 0 unspecified atom stereocenters. The van der Waals surface area contributed by atoms with E-state index in [4.69, 9.17) is 0 Å². The summed E-state index contributed by atoms with van der Waals surface area (Å²) in [6, 6.07) is 4.47. The number of nitrogens with one attached hydrogen (secondary N) is 3. The van der Waals surface area contributed by atoms with E-state index in [-0.39, 0.29) is 30.5 Å². The van der Waals surface area contributed by atoms with Gasteiger partial charge in [-0.3, -0.25) is 9.59 Å². The van der Waals surface area contributed by atoms with Crippen molar-refractivity contribution in [1.29, 1.82) is 0 Å². The molecule has 174 valence electrons. The van der Waals surface area contributed by atoms with Crippen LogP contribution in [0.3, 0.4) is 0 Å². The first-order valence-electron chi connectivity index (χ1n) is 11.0. The first-order valence-corrected chi connectivity index (χ1v) is 11.0. The average molecular weight is 457 g/mol. The number of carbonyl (C=O) groups is 1. The van der Waals surface area contributed by atoms with Crippen LogP contribution in [0.1, 0.15) is 49.0 Å². The number of alkyl halides is 2. The van der Waals surface area contributed by atoms with Gasteiger partial charge in [-0.15, -0.1) is 0 Å². The normalized spacial score (nSPS) is 21.8. The fraction of sp³-hybridized carbons (Fsp3) is 0.455. The Bertz CT molecular complexity index is 1280. The smallest absolute Gasteiger partial charge is 0.274 e. The SMILES string of the molecule is CNc1cc(Nc2cccn(C3CC(F)(F)C3)c2=O)nc2c(C(=O)N[C@H]3CC[C@H]3C)cnn12. The second kappa shape index (κ2) is 7.82. The van der Waals surface area contributed by atoms with Crippen molar-refractivity contribution in [2.45, 2.75) is 50.6 Å². The van der Waals surface area contributed by atoms with Gasteiger partial charge in [-0.1, -0.05) is 6.92 Å². The Morgan fingerprint density at radius 2 is 2.06 bits per heavy atom. The molecule has 3 heterocycles. The van der Waals surface area contributed by atoms with Gasteiger partial charge in [0, 0.05) is 44.2 Å². The van der Waals surface area contributed by atoms with E-state index in [0.29, 0.717) is 28.8 Å². The van der Waals surface area contributed by atoms with Gasteiger partial charge in [0.15, 0.2) is 5.65 Å². The molecule has 0 radical (unpaired) electrons. The Hall–Kier alpha value is -3.50. The van der Waals surface area contributed by atoms with E-state index in [1.54, 1.807) is 25.2 Å². The van der Waals surface area contributed by atoms with Gasteiger partial charge in [-0.2, -0.15) is 9.61 Å². The zero-order chi connectivity index (χ0) is 23.3. The van der Waals surface area contributed by atoms with E-state index in [0.717, 1.165) is 12.8 Å². The third kappa shape index (κ3) is 3.81. The second-order valence-electron chi connectivity index (χ2n) is 8.88. The molecule has 0 bridgehead atoms. The summed E-state index contributed by atoms with van der Waals surface area (Å²) in [5, 5.41) is 13.3. The molecule has 9 nitrogen and oxygen atoms in total. The number of hydrogen-bond donors (Lipinski definition) is 3. The second-order valence-corrected chi connectivity index (χ2v) is 8.88. The molecule has 2 aliphatic carbocycles. The summed E-state index contributed by atoms with van der Waals surface area (Å²) in [5.41, 5.74) is 0.469. The molecule has 1 amide bonds. The largest absolute Gasteiger partial charge is 0.373 e. The maximum atomic E-state index is 13.3. The maximum Gasteiger partial charge on any atom is 0.274 e. The number of fused-ring (bicyclic) bond motifs is 1. The number of amides is 1. The molecule has 2 saturated carbocycles. The molecule has 0 spiro atoms. The van der Waals surface area contributed by atoms with E-state index >= 15 is 0 Å². The summed E-state index contributed by atoms with van der Waals surface area (Å²) in [6.07, 6.45) is 4.32. The summed E-state index contributed by atoms with van der Waals surface area (Å²) in [6.45, 7) is 2.10. The highest BCUT2D eigenvalue weighted by atomic mass is 19.3. The molecular weight excluding hydrogens is 432 g/mol. The highest BCUT2D eigenvalue weighted by Gasteiger charge is 2.46. The van der Waals surface area contributed by atoms with Crippen LogP contribution < -0.4 is 21.5 Å². The molecule has 33 heavy (non-hydrogen) atoms. The van der Waals surface area contributed by atoms with Crippen molar-refractivity contribution in [2.24, 2.45) is 5.92 Å². The van der Waals surface area contributed by atoms with Crippen molar-refractivity contribution in [2.75, 3.05) is 17.7 Å². The predicted molar refractivity (Wildman–Crippen MR) is 119 cm³/mol. The monoisotopic (exact) mass is 457 g/mol. The summed E-state index contributed by atoms with van der Waals surface area (Å²) in [5.74, 6) is -1.65. The molecule has 0 aromatic carbocycles. The Kier molecular flexibility index (Phi) is 5.06. The van der Waals surface area contributed by atoms with Gasteiger partial charge in [0.2, 0.25) is 0 Å². The molecule has 3 N–H and O–H groups in total. The van der Waals surface area contributed by atoms with Gasteiger partial charge >= 0.3 is 0 Å². The first-order chi connectivity index (χ1) is 15.8. The van der Waals surface area contributed by atoms with E-state index < -0.39 is 17.5 Å². The molecule has 2 aliphatic rings. The van der Waals surface area contributed by atoms with Crippen LogP contribution in [-0.2, 0) is 0 Å². The van der Waals surface area contributed by atoms with E-state index in [1.807, 2.05) is 0 Å². The number of pyridine rings is 1. The van der Waals surface area contributed by atoms with Gasteiger partial charge < -0.3 is 20.5 Å². The summed E-state index contributed by atoms with van der Waals surface area (Å²) >= 11 is 0. The number of halogens is 2. The van der Waals surface area contributed by atoms with Crippen LogP contribution in [0.5, 0.6) is 0 Å². The lowest BCUT2D eigenvalue weighted by Crippen LogP contribution is -2.45. The average Bonchev–Trinajstić information content (AvgIpc) is 3.19. The van der Waals surface area contributed by atoms with Gasteiger partial charge in [0.05, 0.1) is 6.20 Å². The van der Waals surface area contributed by atoms with Gasteiger partial charge in [-0.05, 0) is 30.9 Å². The standard InChI is InChI=1S/C22H25F2N7O2/c1-12-5-6-15(12)28-20(32)14-11-26-31-18(25-2)8-17(29-19(14)31)27-16-4-3-7-30(21(16)33)13-9-22(23,24)10-13/h3-4,7-8,11-13,15,25H,5-6,9-10H2,1-2H3,(H,27,29)(H,28,32)/t12-,15+/m1/s1. The van der Waals surface area contributed by atoms with Gasteiger partial charge in [0.25, 0.3) is 17.4 Å². The molecule has 2 atom stereocenters. The van der Waals surface area contributed by atoms with Crippen molar-refractivity contribution >= 4 is 28.9 Å². The number of hydrogen-bond acceptors (Lipinski definition) is 6. The van der Waals surface area contributed by atoms with Gasteiger partial charge in [0.1, 0.15) is 22.9 Å². The molecule has 0 aliphatic heterocycles. The highest BCUT2D eigenvalue weighted by Crippen LogP contribution is 2.44. The number of nitrogens with zero attached hydrogens (tertiary/aromatic N) is 4. The molecule has 11 heteroatoms. The Labute approximate surface area is 188 Å². The summed E-state index contributed by atoms with van der Waals surface area (Å²) in [7, 11) is 1.71. The van der Waals surface area contributed by atoms with Crippen LogP contribution in [0, 0.1) is 5.92 Å². The molecule has 2 fully saturated rings. The third-order valence-corrected chi connectivity index (χ3v) is 6.61. The number of aromatic nitrogens is 4. The van der Waals surface area contributed by atoms with Crippen molar-refractivity contribution in [3.05, 3.63) is 46.5 Å². The lowest BCUT2D eigenvalue weighted by atomic mass is 9.81. The van der Waals surface area contributed by atoms with Crippen LogP contribution in [0.15, 0.2) is 35.4 Å². The topological polar surface area (TPSA) is 105 Å². The Balaban J connectivity index is 1.45. The minimum absolute atomic E-state index is 0.138. The highest BCUT2D eigenvalue weighted by molar-refractivity contribution is 6.00. The van der Waals surface area contributed by atoms with Crippen LogP contribution >= 0.6 is 0 Å².